The van der Waals surface area contributed by atoms with Gasteiger partial charge in [0, 0.05) is 30.4 Å². The lowest BCUT2D eigenvalue weighted by atomic mass is 10.1. The Bertz CT molecular complexity index is 1050. The van der Waals surface area contributed by atoms with E-state index in [1.54, 1.807) is 42.5 Å². The molecule has 154 valence electrons. The Morgan fingerprint density at radius 1 is 1.07 bits per heavy atom. The van der Waals surface area contributed by atoms with E-state index in [0.29, 0.717) is 23.4 Å². The molecular weight excluding hydrogens is 387 g/mol. The van der Waals surface area contributed by atoms with Gasteiger partial charge in [0.25, 0.3) is 5.91 Å². The van der Waals surface area contributed by atoms with Gasteiger partial charge < -0.3 is 14.7 Å². The van der Waals surface area contributed by atoms with Gasteiger partial charge in [0.1, 0.15) is 18.1 Å². The van der Waals surface area contributed by atoms with E-state index >= 15 is 0 Å². The number of halogens is 1. The highest BCUT2D eigenvalue weighted by Crippen LogP contribution is 2.17. The van der Waals surface area contributed by atoms with Crippen molar-refractivity contribution in [1.29, 1.82) is 0 Å². The van der Waals surface area contributed by atoms with Crippen LogP contribution < -0.4 is 4.74 Å². The number of aliphatic carboxylic acids is 1. The lowest BCUT2D eigenvalue weighted by molar-refractivity contribution is -0.137. The van der Waals surface area contributed by atoms with Crippen LogP contribution in [0, 0.1) is 5.82 Å². The highest BCUT2D eigenvalue weighted by atomic mass is 19.1. The molecule has 1 amide bonds. The van der Waals surface area contributed by atoms with Crippen molar-refractivity contribution in [3.63, 3.8) is 0 Å². The first-order chi connectivity index (χ1) is 14.4. The highest BCUT2D eigenvalue weighted by Gasteiger charge is 2.20. The number of carbonyl (C=O) groups is 2. The number of carboxylic acids is 1. The van der Waals surface area contributed by atoms with Crippen LogP contribution in [0.5, 0.6) is 5.75 Å². The van der Waals surface area contributed by atoms with Gasteiger partial charge in [-0.2, -0.15) is 0 Å². The number of carboxylic acid groups (broad SMARTS) is 1. The summed E-state index contributed by atoms with van der Waals surface area (Å²) in [5.74, 6) is -1.26. The van der Waals surface area contributed by atoms with Gasteiger partial charge in [-0.1, -0.05) is 24.3 Å². The van der Waals surface area contributed by atoms with Gasteiger partial charge in [0.05, 0.1) is 7.11 Å². The van der Waals surface area contributed by atoms with Crippen LogP contribution in [0.2, 0.25) is 0 Å². The summed E-state index contributed by atoms with van der Waals surface area (Å²) in [6.07, 6.45) is 1.85. The topological polar surface area (TPSA) is 79.7 Å². The fraction of sp³-hybridized carbons (Fsp3) is 0.174. The lowest BCUT2D eigenvalue weighted by Gasteiger charge is -2.21. The average Bonchev–Trinajstić information content (AvgIpc) is 2.73. The standard InChI is InChI=1S/C23H21FN2O4/c1-30-21-7-3-5-17(12-21)14-26(15-22(27)28)23(29)18-8-9-25-20(13-18)11-16-4-2-6-19(24)10-16/h2-10,12-13H,11,14-15H2,1H3,(H,27,28). The maximum atomic E-state index is 13.4. The number of aromatic nitrogens is 1. The van der Waals surface area contributed by atoms with E-state index in [4.69, 9.17) is 4.74 Å². The molecule has 0 radical (unpaired) electrons. The zero-order valence-electron chi connectivity index (χ0n) is 16.4. The quantitative estimate of drug-likeness (QED) is 0.617. The molecule has 30 heavy (non-hydrogen) atoms. The normalized spacial score (nSPS) is 10.5. The van der Waals surface area contributed by atoms with Gasteiger partial charge in [-0.15, -0.1) is 0 Å². The van der Waals surface area contributed by atoms with Crippen molar-refractivity contribution in [2.75, 3.05) is 13.7 Å². The third-order valence-electron chi connectivity index (χ3n) is 4.46. The molecule has 1 N–H and O–H groups in total. The molecule has 3 aromatic rings. The van der Waals surface area contributed by atoms with Crippen LogP contribution in [0.15, 0.2) is 66.9 Å². The first kappa shape index (κ1) is 21.0. The van der Waals surface area contributed by atoms with E-state index in [9.17, 15) is 19.1 Å². The number of benzene rings is 2. The number of amides is 1. The molecule has 0 unspecified atom stereocenters. The summed E-state index contributed by atoms with van der Waals surface area (Å²) in [5.41, 5.74) is 2.38. The third-order valence-corrected chi connectivity index (χ3v) is 4.46. The first-order valence-corrected chi connectivity index (χ1v) is 9.28. The Morgan fingerprint density at radius 2 is 1.83 bits per heavy atom. The van der Waals surface area contributed by atoms with Crippen LogP contribution >= 0.6 is 0 Å². The predicted octanol–water partition coefficient (Wildman–Crippen LogP) is 3.55. The van der Waals surface area contributed by atoms with Crippen molar-refractivity contribution >= 4 is 11.9 Å². The predicted molar refractivity (Wildman–Crippen MR) is 109 cm³/mol. The molecule has 0 spiro atoms. The molecule has 0 saturated heterocycles. The average molecular weight is 408 g/mol. The number of hydrogen-bond donors (Lipinski definition) is 1. The van der Waals surface area contributed by atoms with Gasteiger partial charge in [-0.25, -0.2) is 4.39 Å². The molecule has 0 atom stereocenters. The van der Waals surface area contributed by atoms with E-state index in [0.717, 1.165) is 11.1 Å². The van der Waals surface area contributed by atoms with Gasteiger partial charge in [0.2, 0.25) is 0 Å². The lowest BCUT2D eigenvalue weighted by Crippen LogP contribution is -2.35. The molecule has 3 rings (SSSR count). The van der Waals surface area contributed by atoms with Crippen LogP contribution in [0.25, 0.3) is 0 Å². The molecular formula is C23H21FN2O4. The van der Waals surface area contributed by atoms with E-state index in [1.165, 1.54) is 36.4 Å². The Kier molecular flexibility index (Phi) is 6.75. The number of hydrogen-bond acceptors (Lipinski definition) is 4. The zero-order valence-corrected chi connectivity index (χ0v) is 16.4. The van der Waals surface area contributed by atoms with Crippen molar-refractivity contribution in [2.24, 2.45) is 0 Å². The van der Waals surface area contributed by atoms with E-state index < -0.39 is 18.4 Å². The fourth-order valence-corrected chi connectivity index (χ4v) is 3.10. The summed E-state index contributed by atoms with van der Waals surface area (Å²) >= 11 is 0. The Morgan fingerprint density at radius 3 is 2.57 bits per heavy atom. The monoisotopic (exact) mass is 408 g/mol. The van der Waals surface area contributed by atoms with Gasteiger partial charge >= 0.3 is 5.97 Å². The van der Waals surface area contributed by atoms with Crippen molar-refractivity contribution < 1.29 is 23.8 Å². The number of methoxy groups -OCH3 is 1. The summed E-state index contributed by atoms with van der Waals surface area (Å²) < 4.78 is 18.6. The van der Waals surface area contributed by atoms with Gasteiger partial charge in [-0.3, -0.25) is 14.6 Å². The third kappa shape index (κ3) is 5.64. The molecule has 1 heterocycles. The molecule has 0 bridgehead atoms. The summed E-state index contributed by atoms with van der Waals surface area (Å²) in [5, 5.41) is 9.27. The van der Waals surface area contributed by atoms with Crippen LogP contribution in [0.3, 0.4) is 0 Å². The molecule has 7 heteroatoms. The minimum Gasteiger partial charge on any atom is -0.497 e. The maximum absolute atomic E-state index is 13.4. The van der Waals surface area contributed by atoms with Crippen LogP contribution in [0.1, 0.15) is 27.2 Å². The van der Waals surface area contributed by atoms with E-state index in [1.807, 2.05) is 0 Å². The second-order valence-corrected chi connectivity index (χ2v) is 6.75. The van der Waals surface area contributed by atoms with E-state index in [2.05, 4.69) is 4.98 Å². The zero-order chi connectivity index (χ0) is 21.5. The fourth-order valence-electron chi connectivity index (χ4n) is 3.10. The number of rotatable bonds is 8. The molecule has 0 aliphatic rings. The number of pyridine rings is 1. The molecule has 1 aromatic heterocycles. The second-order valence-electron chi connectivity index (χ2n) is 6.75. The maximum Gasteiger partial charge on any atom is 0.323 e. The SMILES string of the molecule is COc1cccc(CN(CC(=O)O)C(=O)c2ccnc(Cc3cccc(F)c3)c2)c1. The number of ether oxygens (including phenoxy) is 1. The minimum absolute atomic E-state index is 0.115. The summed E-state index contributed by atoms with van der Waals surface area (Å²) in [7, 11) is 1.54. The molecule has 0 aliphatic heterocycles. The Hall–Kier alpha value is -3.74. The minimum atomic E-state index is -1.11. The molecule has 0 aliphatic carbocycles. The van der Waals surface area contributed by atoms with Crippen LogP contribution in [-0.4, -0.2) is 40.5 Å². The summed E-state index contributed by atoms with van der Waals surface area (Å²) in [4.78, 5) is 29.9. The van der Waals surface area contributed by atoms with Crippen molar-refractivity contribution in [2.45, 2.75) is 13.0 Å². The highest BCUT2D eigenvalue weighted by molar-refractivity contribution is 5.95. The summed E-state index contributed by atoms with van der Waals surface area (Å²) in [6.45, 7) is -0.332. The number of carbonyl (C=O) groups excluding carboxylic acids is 1. The largest absolute Gasteiger partial charge is 0.497 e. The second kappa shape index (κ2) is 9.65. The van der Waals surface area contributed by atoms with Crippen molar-refractivity contribution in [3.05, 3.63) is 95.1 Å². The van der Waals surface area contributed by atoms with Gasteiger partial charge in [-0.05, 0) is 47.5 Å². The first-order valence-electron chi connectivity index (χ1n) is 9.28. The van der Waals surface area contributed by atoms with Gasteiger partial charge in [0.15, 0.2) is 0 Å². The molecule has 0 fully saturated rings. The Labute approximate surface area is 173 Å². The molecule has 2 aromatic carbocycles. The van der Waals surface area contributed by atoms with Crippen molar-refractivity contribution in [1.82, 2.24) is 9.88 Å². The summed E-state index contributed by atoms with van der Waals surface area (Å²) in [6, 6.07) is 16.4. The number of nitrogens with zero attached hydrogens (tertiary/aromatic N) is 2. The van der Waals surface area contributed by atoms with E-state index in [-0.39, 0.29) is 12.4 Å². The molecule has 6 nitrogen and oxygen atoms in total. The Balaban J connectivity index is 1.82. The van der Waals surface area contributed by atoms with Crippen LogP contribution in [-0.2, 0) is 17.8 Å². The van der Waals surface area contributed by atoms with Crippen molar-refractivity contribution in [3.8, 4) is 5.75 Å². The molecule has 0 saturated carbocycles. The van der Waals surface area contributed by atoms with Crippen LogP contribution in [0.4, 0.5) is 4.39 Å². The smallest absolute Gasteiger partial charge is 0.323 e.